The average Bonchev–Trinajstić information content (AvgIpc) is 2.49. The van der Waals surface area contributed by atoms with Crippen LogP contribution in [0.15, 0.2) is 42.5 Å². The van der Waals surface area contributed by atoms with E-state index in [0.717, 1.165) is 12.1 Å². The van der Waals surface area contributed by atoms with Crippen LogP contribution in [-0.4, -0.2) is 12.5 Å². The Morgan fingerprint density at radius 1 is 1.10 bits per heavy atom. The third-order valence-corrected chi connectivity index (χ3v) is 3.65. The third kappa shape index (κ3) is 4.66. The normalized spacial score (nSPS) is 10.2. The predicted molar refractivity (Wildman–Crippen MR) is 86.4 cm³/mol. The van der Waals surface area contributed by atoms with Crippen LogP contribution in [0.3, 0.4) is 0 Å². The Kier molecular flexibility index (Phi) is 5.48. The Bertz CT molecular complexity index is 627. The average molecular weight is 324 g/mol. The fourth-order valence-electron chi connectivity index (χ4n) is 1.74. The van der Waals surface area contributed by atoms with Crippen LogP contribution in [0.4, 0.5) is 5.69 Å². The predicted octanol–water partition coefficient (Wildman–Crippen LogP) is 4.57. The van der Waals surface area contributed by atoms with E-state index >= 15 is 0 Å². The minimum atomic E-state index is -0.231. The summed E-state index contributed by atoms with van der Waals surface area (Å²) in [5, 5.41) is 3.61. The van der Waals surface area contributed by atoms with E-state index in [1.807, 2.05) is 24.3 Å². The van der Waals surface area contributed by atoms with Gasteiger partial charge in [-0.3, -0.25) is 4.79 Å². The van der Waals surface area contributed by atoms with E-state index in [-0.39, 0.29) is 12.5 Å². The van der Waals surface area contributed by atoms with E-state index in [0.29, 0.717) is 15.8 Å². The first kappa shape index (κ1) is 15.7. The number of amides is 1. The molecule has 0 radical (unpaired) electrons. The van der Waals surface area contributed by atoms with Gasteiger partial charge in [-0.05, 0) is 36.2 Å². The lowest BCUT2D eigenvalue weighted by Crippen LogP contribution is -2.20. The molecule has 0 aromatic heterocycles. The number of carbonyl (C=O) groups is 1. The summed E-state index contributed by atoms with van der Waals surface area (Å²) in [6.07, 6.45) is 0.967. The number of aryl methyl sites for hydroxylation is 1. The van der Waals surface area contributed by atoms with Crippen molar-refractivity contribution in [2.45, 2.75) is 13.3 Å². The highest BCUT2D eigenvalue weighted by Gasteiger charge is 2.05. The van der Waals surface area contributed by atoms with Gasteiger partial charge >= 0.3 is 0 Å². The van der Waals surface area contributed by atoms with Crippen molar-refractivity contribution >= 4 is 34.8 Å². The van der Waals surface area contributed by atoms with Gasteiger partial charge in [0.05, 0.1) is 10.0 Å². The number of hydrogen-bond acceptors (Lipinski definition) is 2. The molecule has 0 bridgehead atoms. The monoisotopic (exact) mass is 323 g/mol. The molecule has 110 valence electrons. The van der Waals surface area contributed by atoms with Gasteiger partial charge in [0, 0.05) is 11.8 Å². The summed E-state index contributed by atoms with van der Waals surface area (Å²) in [5.74, 6) is 0.270. The Labute approximate surface area is 133 Å². The van der Waals surface area contributed by atoms with Crippen molar-refractivity contribution in [1.29, 1.82) is 0 Å². The van der Waals surface area contributed by atoms with E-state index in [1.165, 1.54) is 5.56 Å². The number of ether oxygens (including phenoxy) is 1. The molecule has 0 unspecified atom stereocenters. The SMILES string of the molecule is CCc1ccc(NC(=O)COc2ccc(Cl)c(Cl)c2)cc1. The number of benzene rings is 2. The lowest BCUT2D eigenvalue weighted by molar-refractivity contribution is -0.118. The summed E-state index contributed by atoms with van der Waals surface area (Å²) in [4.78, 5) is 11.8. The number of nitrogens with one attached hydrogen (secondary N) is 1. The molecular weight excluding hydrogens is 309 g/mol. The molecular formula is C16H15Cl2NO2. The van der Waals surface area contributed by atoms with Crippen molar-refractivity contribution in [1.82, 2.24) is 0 Å². The number of carbonyl (C=O) groups excluding carboxylic acids is 1. The number of hydrogen-bond donors (Lipinski definition) is 1. The molecule has 3 nitrogen and oxygen atoms in total. The molecule has 2 rings (SSSR count). The largest absolute Gasteiger partial charge is 0.484 e. The molecule has 5 heteroatoms. The fourth-order valence-corrected chi connectivity index (χ4v) is 2.02. The summed E-state index contributed by atoms with van der Waals surface area (Å²) in [7, 11) is 0. The van der Waals surface area contributed by atoms with Gasteiger partial charge < -0.3 is 10.1 Å². The first-order valence-corrected chi connectivity index (χ1v) is 7.30. The highest BCUT2D eigenvalue weighted by atomic mass is 35.5. The molecule has 0 saturated heterocycles. The van der Waals surface area contributed by atoms with Crippen LogP contribution < -0.4 is 10.1 Å². The smallest absolute Gasteiger partial charge is 0.262 e. The molecule has 0 saturated carbocycles. The number of anilines is 1. The molecule has 21 heavy (non-hydrogen) atoms. The van der Waals surface area contributed by atoms with Crippen molar-refractivity contribution in [3.63, 3.8) is 0 Å². The van der Waals surface area contributed by atoms with Gasteiger partial charge in [0.15, 0.2) is 6.61 Å². The van der Waals surface area contributed by atoms with Crippen molar-refractivity contribution in [3.05, 3.63) is 58.1 Å². The van der Waals surface area contributed by atoms with Crippen LogP contribution in [0.5, 0.6) is 5.75 Å². The van der Waals surface area contributed by atoms with Gasteiger partial charge in [-0.1, -0.05) is 42.3 Å². The second-order valence-corrected chi connectivity index (χ2v) is 5.28. The van der Waals surface area contributed by atoms with E-state index < -0.39 is 0 Å². The summed E-state index contributed by atoms with van der Waals surface area (Å²) in [6, 6.07) is 12.6. The molecule has 0 spiro atoms. The second kappa shape index (κ2) is 7.34. The highest BCUT2D eigenvalue weighted by molar-refractivity contribution is 6.42. The van der Waals surface area contributed by atoms with E-state index in [1.54, 1.807) is 18.2 Å². The van der Waals surface area contributed by atoms with E-state index in [9.17, 15) is 4.79 Å². The summed E-state index contributed by atoms with van der Waals surface area (Å²) < 4.78 is 5.37. The zero-order chi connectivity index (χ0) is 15.2. The lowest BCUT2D eigenvalue weighted by Gasteiger charge is -2.08. The molecule has 0 heterocycles. The first-order chi connectivity index (χ1) is 10.1. The quantitative estimate of drug-likeness (QED) is 0.875. The van der Waals surface area contributed by atoms with Crippen LogP contribution in [0.2, 0.25) is 10.0 Å². The number of halogens is 2. The van der Waals surface area contributed by atoms with Gasteiger partial charge in [-0.25, -0.2) is 0 Å². The van der Waals surface area contributed by atoms with Crippen molar-refractivity contribution < 1.29 is 9.53 Å². The second-order valence-electron chi connectivity index (χ2n) is 4.46. The van der Waals surface area contributed by atoms with Crippen LogP contribution >= 0.6 is 23.2 Å². The van der Waals surface area contributed by atoms with Gasteiger partial charge in [-0.2, -0.15) is 0 Å². The molecule has 0 atom stereocenters. The zero-order valence-electron chi connectivity index (χ0n) is 11.5. The summed E-state index contributed by atoms with van der Waals surface area (Å²) in [5.41, 5.74) is 1.97. The van der Waals surface area contributed by atoms with E-state index in [4.69, 9.17) is 27.9 Å². The topological polar surface area (TPSA) is 38.3 Å². The summed E-state index contributed by atoms with van der Waals surface area (Å²) >= 11 is 11.7. The van der Waals surface area contributed by atoms with Crippen LogP contribution in [-0.2, 0) is 11.2 Å². The molecule has 2 aromatic rings. The molecule has 1 amide bonds. The molecule has 0 fully saturated rings. The lowest BCUT2D eigenvalue weighted by atomic mass is 10.1. The Morgan fingerprint density at radius 3 is 2.43 bits per heavy atom. The van der Waals surface area contributed by atoms with Crippen LogP contribution in [0.1, 0.15) is 12.5 Å². The zero-order valence-corrected chi connectivity index (χ0v) is 13.0. The number of rotatable bonds is 5. The van der Waals surface area contributed by atoms with E-state index in [2.05, 4.69) is 12.2 Å². The molecule has 0 aliphatic rings. The third-order valence-electron chi connectivity index (χ3n) is 2.91. The van der Waals surface area contributed by atoms with Gasteiger partial charge in [-0.15, -0.1) is 0 Å². The summed E-state index contributed by atoms with van der Waals surface area (Å²) in [6.45, 7) is 1.99. The first-order valence-electron chi connectivity index (χ1n) is 6.55. The highest BCUT2D eigenvalue weighted by Crippen LogP contribution is 2.26. The molecule has 0 aliphatic heterocycles. The van der Waals surface area contributed by atoms with Crippen LogP contribution in [0.25, 0.3) is 0 Å². The van der Waals surface area contributed by atoms with Crippen molar-refractivity contribution in [2.75, 3.05) is 11.9 Å². The maximum absolute atomic E-state index is 11.8. The Balaban J connectivity index is 1.87. The van der Waals surface area contributed by atoms with Gasteiger partial charge in [0.2, 0.25) is 0 Å². The molecule has 2 aromatic carbocycles. The van der Waals surface area contributed by atoms with Gasteiger partial charge in [0.1, 0.15) is 5.75 Å². The Hall–Kier alpha value is -1.71. The van der Waals surface area contributed by atoms with Crippen molar-refractivity contribution in [2.24, 2.45) is 0 Å². The maximum Gasteiger partial charge on any atom is 0.262 e. The minimum Gasteiger partial charge on any atom is -0.484 e. The maximum atomic E-state index is 11.8. The minimum absolute atomic E-state index is 0.0898. The van der Waals surface area contributed by atoms with Crippen molar-refractivity contribution in [3.8, 4) is 5.75 Å². The molecule has 0 aliphatic carbocycles. The fraction of sp³-hybridized carbons (Fsp3) is 0.188. The van der Waals surface area contributed by atoms with Gasteiger partial charge in [0.25, 0.3) is 5.91 Å². The van der Waals surface area contributed by atoms with Crippen LogP contribution in [0, 0.1) is 0 Å². The standard InChI is InChI=1S/C16H15Cl2NO2/c1-2-11-3-5-12(6-4-11)19-16(20)10-21-13-7-8-14(17)15(18)9-13/h3-9H,2,10H2,1H3,(H,19,20). The Morgan fingerprint density at radius 2 is 1.81 bits per heavy atom. The molecule has 1 N–H and O–H groups in total.